The summed E-state index contributed by atoms with van der Waals surface area (Å²) in [6.07, 6.45) is 3.88. The highest BCUT2D eigenvalue weighted by Gasteiger charge is 2.26. The number of unbranched alkanes of at least 4 members (excludes halogenated alkanes) is 1. The van der Waals surface area contributed by atoms with E-state index in [1.165, 1.54) is 5.56 Å². The third-order valence-electron chi connectivity index (χ3n) is 3.93. The van der Waals surface area contributed by atoms with E-state index in [2.05, 4.69) is 19.1 Å². The fourth-order valence-electron chi connectivity index (χ4n) is 2.63. The Morgan fingerprint density at radius 1 is 0.958 bits per heavy atom. The third kappa shape index (κ3) is 4.58. The van der Waals surface area contributed by atoms with Gasteiger partial charge in [-0.1, -0.05) is 49.7 Å². The van der Waals surface area contributed by atoms with Crippen molar-refractivity contribution in [2.24, 2.45) is 0 Å². The lowest BCUT2D eigenvalue weighted by molar-refractivity contribution is 0.107. The second-order valence-corrected chi connectivity index (χ2v) is 7.85. The minimum absolute atomic E-state index is 0.164. The standard InChI is InChI=1S/C20H25O3P/c1-4-5-14-24(15-16-10-7-6-8-11-16)20(21)19-17(22-2)12-9-13-18(19)23-3/h6-13H,4-5,14-15H2,1-3H3. The molecule has 0 saturated heterocycles. The fourth-order valence-corrected chi connectivity index (χ4v) is 5.02. The molecule has 2 aromatic rings. The molecule has 0 heterocycles. The van der Waals surface area contributed by atoms with Gasteiger partial charge >= 0.3 is 0 Å². The zero-order chi connectivity index (χ0) is 17.4. The predicted molar refractivity (Wildman–Crippen MR) is 101 cm³/mol. The molecule has 0 saturated carbocycles. The van der Waals surface area contributed by atoms with E-state index >= 15 is 0 Å². The molecule has 0 radical (unpaired) electrons. The SMILES string of the molecule is CCCCP(Cc1ccccc1)C(=O)c1c(OC)cccc1OC. The summed E-state index contributed by atoms with van der Waals surface area (Å²) in [6, 6.07) is 15.7. The zero-order valence-corrected chi connectivity index (χ0v) is 15.5. The highest BCUT2D eigenvalue weighted by atomic mass is 31.1. The summed E-state index contributed by atoms with van der Waals surface area (Å²) in [5.41, 5.74) is 1.96. The minimum Gasteiger partial charge on any atom is -0.496 e. The van der Waals surface area contributed by atoms with Crippen molar-refractivity contribution >= 4 is 13.4 Å². The van der Waals surface area contributed by atoms with Gasteiger partial charge in [0.1, 0.15) is 17.1 Å². The van der Waals surface area contributed by atoms with E-state index in [1.807, 2.05) is 36.4 Å². The Kier molecular flexibility index (Phi) is 7.27. The van der Waals surface area contributed by atoms with Crippen molar-refractivity contribution in [3.05, 3.63) is 59.7 Å². The molecular formula is C20H25O3P. The van der Waals surface area contributed by atoms with Crippen molar-refractivity contribution in [2.75, 3.05) is 20.4 Å². The molecule has 0 fully saturated rings. The average Bonchev–Trinajstić information content (AvgIpc) is 2.64. The average molecular weight is 344 g/mol. The van der Waals surface area contributed by atoms with Gasteiger partial charge in [0.2, 0.25) is 0 Å². The third-order valence-corrected chi connectivity index (χ3v) is 6.33. The van der Waals surface area contributed by atoms with Crippen LogP contribution < -0.4 is 9.47 Å². The van der Waals surface area contributed by atoms with Crippen molar-refractivity contribution in [1.29, 1.82) is 0 Å². The van der Waals surface area contributed by atoms with Gasteiger partial charge in [0.15, 0.2) is 5.52 Å². The van der Waals surface area contributed by atoms with Crippen molar-refractivity contribution < 1.29 is 14.3 Å². The maximum absolute atomic E-state index is 13.3. The van der Waals surface area contributed by atoms with Gasteiger partial charge in [-0.3, -0.25) is 4.79 Å². The summed E-state index contributed by atoms with van der Waals surface area (Å²) in [6.45, 7) is 2.16. The summed E-state index contributed by atoms with van der Waals surface area (Å²) in [4.78, 5) is 13.3. The molecule has 4 heteroatoms. The quantitative estimate of drug-likeness (QED) is 0.577. The van der Waals surface area contributed by atoms with Gasteiger partial charge in [0.05, 0.1) is 14.2 Å². The van der Waals surface area contributed by atoms with E-state index in [-0.39, 0.29) is 5.52 Å². The largest absolute Gasteiger partial charge is 0.496 e. The summed E-state index contributed by atoms with van der Waals surface area (Å²) in [5, 5.41) is 0. The lowest BCUT2D eigenvalue weighted by atomic mass is 10.2. The molecule has 0 spiro atoms. The maximum atomic E-state index is 13.3. The maximum Gasteiger partial charge on any atom is 0.191 e. The number of rotatable bonds is 9. The normalized spacial score (nSPS) is 11.8. The second kappa shape index (κ2) is 9.44. The molecule has 3 nitrogen and oxygen atoms in total. The predicted octanol–water partition coefficient (Wildman–Crippen LogP) is 5.33. The van der Waals surface area contributed by atoms with E-state index in [1.54, 1.807) is 14.2 Å². The van der Waals surface area contributed by atoms with Gasteiger partial charge in [-0.05, 0) is 44.4 Å². The number of hydrogen-bond acceptors (Lipinski definition) is 3. The molecular weight excluding hydrogens is 319 g/mol. The number of benzene rings is 2. The van der Waals surface area contributed by atoms with E-state index in [9.17, 15) is 4.79 Å². The van der Waals surface area contributed by atoms with E-state index < -0.39 is 7.92 Å². The number of carbonyl (C=O) groups is 1. The lowest BCUT2D eigenvalue weighted by Crippen LogP contribution is -2.07. The molecule has 0 bridgehead atoms. The number of methoxy groups -OCH3 is 2. The highest BCUT2D eigenvalue weighted by molar-refractivity contribution is 7.74. The van der Waals surface area contributed by atoms with Gasteiger partial charge in [0.25, 0.3) is 0 Å². The molecule has 1 unspecified atom stereocenters. The Balaban J connectivity index is 2.34. The molecule has 2 aromatic carbocycles. The Bertz CT molecular complexity index is 633. The van der Waals surface area contributed by atoms with Crippen molar-refractivity contribution in [3.8, 4) is 11.5 Å². The van der Waals surface area contributed by atoms with E-state index in [0.717, 1.165) is 25.2 Å². The molecule has 128 valence electrons. The second-order valence-electron chi connectivity index (χ2n) is 5.60. The molecule has 0 N–H and O–H groups in total. The molecule has 0 amide bonds. The van der Waals surface area contributed by atoms with Crippen LogP contribution in [0.1, 0.15) is 35.7 Å². The van der Waals surface area contributed by atoms with E-state index in [0.29, 0.717) is 17.1 Å². The number of hydrogen-bond donors (Lipinski definition) is 0. The molecule has 2 rings (SSSR count). The van der Waals surface area contributed by atoms with Crippen molar-refractivity contribution in [2.45, 2.75) is 25.9 Å². The molecule has 0 aliphatic carbocycles. The first kappa shape index (κ1) is 18.5. The minimum atomic E-state index is -0.823. The lowest BCUT2D eigenvalue weighted by Gasteiger charge is -2.19. The van der Waals surface area contributed by atoms with Crippen LogP contribution in [-0.2, 0) is 6.16 Å². The van der Waals surface area contributed by atoms with Gasteiger partial charge in [-0.2, -0.15) is 0 Å². The summed E-state index contributed by atoms with van der Waals surface area (Å²) in [5.74, 6) is 1.19. The molecule has 1 atom stereocenters. The van der Waals surface area contributed by atoms with Crippen LogP contribution >= 0.6 is 7.92 Å². The zero-order valence-electron chi connectivity index (χ0n) is 14.6. The van der Waals surface area contributed by atoms with Crippen LogP contribution in [0.25, 0.3) is 0 Å². The Labute approximate surface area is 145 Å². The summed E-state index contributed by atoms with van der Waals surface area (Å²) >= 11 is 0. The van der Waals surface area contributed by atoms with Gasteiger partial charge in [-0.15, -0.1) is 0 Å². The van der Waals surface area contributed by atoms with Crippen LogP contribution in [0.15, 0.2) is 48.5 Å². The van der Waals surface area contributed by atoms with Crippen molar-refractivity contribution in [1.82, 2.24) is 0 Å². The highest BCUT2D eigenvalue weighted by Crippen LogP contribution is 2.47. The number of carbonyl (C=O) groups excluding carboxylic acids is 1. The van der Waals surface area contributed by atoms with Crippen molar-refractivity contribution in [3.63, 3.8) is 0 Å². The van der Waals surface area contributed by atoms with Gasteiger partial charge < -0.3 is 9.47 Å². The first-order valence-electron chi connectivity index (χ1n) is 8.25. The Hall–Kier alpha value is -1.86. The first-order chi connectivity index (χ1) is 11.7. The number of ether oxygens (including phenoxy) is 2. The summed E-state index contributed by atoms with van der Waals surface area (Å²) in [7, 11) is 2.37. The molecule has 0 aliphatic rings. The van der Waals surface area contributed by atoms with Crippen LogP contribution in [0.4, 0.5) is 0 Å². The molecule has 0 aliphatic heterocycles. The van der Waals surface area contributed by atoms with E-state index in [4.69, 9.17) is 9.47 Å². The van der Waals surface area contributed by atoms with Crippen LogP contribution in [0.3, 0.4) is 0 Å². The Morgan fingerprint density at radius 3 is 2.12 bits per heavy atom. The first-order valence-corrected chi connectivity index (χ1v) is 9.96. The Morgan fingerprint density at radius 2 is 1.58 bits per heavy atom. The topological polar surface area (TPSA) is 35.5 Å². The van der Waals surface area contributed by atoms with Crippen LogP contribution in [0.2, 0.25) is 0 Å². The van der Waals surface area contributed by atoms with Crippen LogP contribution in [-0.4, -0.2) is 25.9 Å². The van der Waals surface area contributed by atoms with Gasteiger partial charge in [-0.25, -0.2) is 0 Å². The summed E-state index contributed by atoms with van der Waals surface area (Å²) < 4.78 is 10.8. The smallest absolute Gasteiger partial charge is 0.191 e. The van der Waals surface area contributed by atoms with Gasteiger partial charge in [0, 0.05) is 0 Å². The van der Waals surface area contributed by atoms with Crippen LogP contribution in [0, 0.1) is 0 Å². The fraction of sp³-hybridized carbons (Fsp3) is 0.350. The van der Waals surface area contributed by atoms with Crippen LogP contribution in [0.5, 0.6) is 11.5 Å². The molecule has 24 heavy (non-hydrogen) atoms. The molecule has 0 aromatic heterocycles. The monoisotopic (exact) mass is 344 g/mol.